The molecule has 1 saturated heterocycles. The number of likely N-dealkylation sites (tertiary alicyclic amines) is 1. The minimum atomic E-state index is -0.328. The van der Waals surface area contributed by atoms with Gasteiger partial charge in [0.15, 0.2) is 0 Å². The lowest BCUT2D eigenvalue weighted by Gasteiger charge is -2.24. The third kappa shape index (κ3) is 3.94. The van der Waals surface area contributed by atoms with E-state index in [0.717, 1.165) is 31.2 Å². The quantitative estimate of drug-likeness (QED) is 0.862. The molecule has 2 aliphatic rings. The molecule has 1 heterocycles. The standard InChI is InChI=1S/C18H21ClN2O2/c1-12(10-13-4-2-5-14(19)11-13)18(23)21-9-3-6-16(21)17(22)20-15-7-8-15/h2,4-5,10-11,15-16H,3,6-9H2,1H3,(H,20,22)/b12-10+. The first kappa shape index (κ1) is 16.1. The molecule has 0 aromatic heterocycles. The van der Waals surface area contributed by atoms with E-state index in [0.29, 0.717) is 23.2 Å². The van der Waals surface area contributed by atoms with Crippen LogP contribution in [0, 0.1) is 0 Å². The molecule has 0 spiro atoms. The lowest BCUT2D eigenvalue weighted by molar-refractivity contribution is -0.135. The molecule has 1 atom stereocenters. The van der Waals surface area contributed by atoms with Crippen molar-refractivity contribution >= 4 is 29.5 Å². The van der Waals surface area contributed by atoms with Crippen LogP contribution < -0.4 is 5.32 Å². The number of hydrogen-bond acceptors (Lipinski definition) is 2. The fraction of sp³-hybridized carbons (Fsp3) is 0.444. The number of rotatable bonds is 4. The Hall–Kier alpha value is -1.81. The number of carbonyl (C=O) groups excluding carboxylic acids is 2. The molecule has 5 heteroatoms. The fourth-order valence-corrected chi connectivity index (χ4v) is 3.14. The van der Waals surface area contributed by atoms with Crippen LogP contribution in [0.4, 0.5) is 0 Å². The van der Waals surface area contributed by atoms with Gasteiger partial charge in [-0.3, -0.25) is 9.59 Å². The van der Waals surface area contributed by atoms with Gasteiger partial charge in [0.25, 0.3) is 0 Å². The number of hydrogen-bond donors (Lipinski definition) is 1. The summed E-state index contributed by atoms with van der Waals surface area (Å²) in [4.78, 5) is 26.7. The topological polar surface area (TPSA) is 49.4 Å². The normalized spacial score (nSPS) is 21.4. The zero-order valence-corrected chi connectivity index (χ0v) is 14.0. The predicted molar refractivity (Wildman–Crippen MR) is 91.0 cm³/mol. The highest BCUT2D eigenvalue weighted by molar-refractivity contribution is 6.30. The smallest absolute Gasteiger partial charge is 0.250 e. The van der Waals surface area contributed by atoms with Crippen molar-refractivity contribution in [1.82, 2.24) is 10.2 Å². The molecule has 1 aromatic carbocycles. The maximum absolute atomic E-state index is 12.7. The molecule has 1 unspecified atom stereocenters. The third-order valence-electron chi connectivity index (χ3n) is 4.31. The Morgan fingerprint density at radius 3 is 2.78 bits per heavy atom. The number of nitrogens with zero attached hydrogens (tertiary/aromatic N) is 1. The van der Waals surface area contributed by atoms with Crippen molar-refractivity contribution in [2.24, 2.45) is 0 Å². The van der Waals surface area contributed by atoms with Gasteiger partial charge >= 0.3 is 0 Å². The maximum atomic E-state index is 12.7. The van der Waals surface area contributed by atoms with Crippen LogP contribution in [-0.2, 0) is 9.59 Å². The second-order valence-electron chi connectivity index (χ2n) is 6.32. The van der Waals surface area contributed by atoms with Gasteiger partial charge in [-0.1, -0.05) is 23.7 Å². The van der Waals surface area contributed by atoms with E-state index in [1.807, 2.05) is 24.3 Å². The molecule has 4 nitrogen and oxygen atoms in total. The Morgan fingerprint density at radius 1 is 1.30 bits per heavy atom. The van der Waals surface area contributed by atoms with Crippen molar-refractivity contribution in [3.63, 3.8) is 0 Å². The summed E-state index contributed by atoms with van der Waals surface area (Å²) in [6.45, 7) is 2.43. The van der Waals surface area contributed by atoms with Crippen molar-refractivity contribution in [3.8, 4) is 0 Å². The molecule has 1 aromatic rings. The first-order chi connectivity index (χ1) is 11.0. The van der Waals surface area contributed by atoms with Crippen LogP contribution in [0.25, 0.3) is 6.08 Å². The number of amides is 2. The van der Waals surface area contributed by atoms with Gasteiger partial charge < -0.3 is 10.2 Å². The lowest BCUT2D eigenvalue weighted by atomic mass is 10.1. The van der Waals surface area contributed by atoms with Crippen molar-refractivity contribution in [3.05, 3.63) is 40.4 Å². The number of nitrogens with one attached hydrogen (secondary N) is 1. The van der Waals surface area contributed by atoms with E-state index in [1.54, 1.807) is 17.9 Å². The average molecular weight is 333 g/mol. The van der Waals surface area contributed by atoms with Crippen LogP contribution in [0.5, 0.6) is 0 Å². The minimum absolute atomic E-state index is 0.00564. The zero-order valence-electron chi connectivity index (χ0n) is 13.2. The monoisotopic (exact) mass is 332 g/mol. The summed E-state index contributed by atoms with van der Waals surface area (Å²) >= 11 is 5.98. The Balaban J connectivity index is 1.71. The SMILES string of the molecule is C/C(=C\c1cccc(Cl)c1)C(=O)N1CCCC1C(=O)NC1CC1. The van der Waals surface area contributed by atoms with Gasteiger partial charge in [-0.05, 0) is 56.4 Å². The second kappa shape index (κ2) is 6.75. The highest BCUT2D eigenvalue weighted by atomic mass is 35.5. The van der Waals surface area contributed by atoms with E-state index in [4.69, 9.17) is 11.6 Å². The van der Waals surface area contributed by atoms with Gasteiger partial charge in [-0.15, -0.1) is 0 Å². The van der Waals surface area contributed by atoms with Crippen LogP contribution >= 0.6 is 11.6 Å². The van der Waals surface area contributed by atoms with Gasteiger partial charge in [0.1, 0.15) is 6.04 Å². The molecule has 1 aliphatic carbocycles. The van der Waals surface area contributed by atoms with Crippen LogP contribution in [0.1, 0.15) is 38.2 Å². The molecule has 0 radical (unpaired) electrons. The summed E-state index contributed by atoms with van der Waals surface area (Å²) < 4.78 is 0. The van der Waals surface area contributed by atoms with Crippen molar-refractivity contribution < 1.29 is 9.59 Å². The largest absolute Gasteiger partial charge is 0.352 e. The highest BCUT2D eigenvalue weighted by Gasteiger charge is 2.36. The van der Waals surface area contributed by atoms with E-state index in [-0.39, 0.29) is 17.9 Å². The molecule has 23 heavy (non-hydrogen) atoms. The molecule has 2 fully saturated rings. The van der Waals surface area contributed by atoms with Gasteiger partial charge in [0.05, 0.1) is 0 Å². The minimum Gasteiger partial charge on any atom is -0.352 e. The number of benzene rings is 1. The summed E-state index contributed by atoms with van der Waals surface area (Å²) in [6, 6.07) is 7.38. The van der Waals surface area contributed by atoms with Crippen LogP contribution in [0.15, 0.2) is 29.8 Å². The molecule has 1 saturated carbocycles. The average Bonchev–Trinajstić information content (AvgIpc) is 3.18. The summed E-state index contributed by atoms with van der Waals surface area (Å²) in [6.07, 6.45) is 5.55. The Kier molecular flexibility index (Phi) is 4.71. The number of halogens is 1. The fourth-order valence-electron chi connectivity index (χ4n) is 2.94. The van der Waals surface area contributed by atoms with E-state index < -0.39 is 0 Å². The first-order valence-electron chi connectivity index (χ1n) is 8.10. The van der Waals surface area contributed by atoms with Gasteiger partial charge in [0, 0.05) is 23.2 Å². The maximum Gasteiger partial charge on any atom is 0.250 e. The van der Waals surface area contributed by atoms with Crippen molar-refractivity contribution in [2.75, 3.05) is 6.54 Å². The van der Waals surface area contributed by atoms with E-state index in [9.17, 15) is 9.59 Å². The summed E-state index contributed by atoms with van der Waals surface area (Å²) in [5.41, 5.74) is 1.51. The van der Waals surface area contributed by atoms with Crippen molar-refractivity contribution in [2.45, 2.75) is 44.7 Å². The Morgan fingerprint density at radius 2 is 2.09 bits per heavy atom. The van der Waals surface area contributed by atoms with E-state index in [1.165, 1.54) is 0 Å². The summed E-state index contributed by atoms with van der Waals surface area (Å²) in [5, 5.41) is 3.65. The highest BCUT2D eigenvalue weighted by Crippen LogP contribution is 2.24. The predicted octanol–water partition coefficient (Wildman–Crippen LogP) is 3.01. The number of carbonyl (C=O) groups is 2. The molecule has 122 valence electrons. The third-order valence-corrected chi connectivity index (χ3v) is 4.54. The zero-order chi connectivity index (χ0) is 16.4. The molecular formula is C18H21ClN2O2. The molecular weight excluding hydrogens is 312 g/mol. The second-order valence-corrected chi connectivity index (χ2v) is 6.76. The molecule has 1 aliphatic heterocycles. The van der Waals surface area contributed by atoms with Crippen LogP contribution in [0.3, 0.4) is 0 Å². The Bertz CT molecular complexity index is 652. The molecule has 1 N–H and O–H groups in total. The van der Waals surface area contributed by atoms with Crippen LogP contribution in [-0.4, -0.2) is 35.3 Å². The molecule has 3 rings (SSSR count). The molecule has 0 bridgehead atoms. The van der Waals surface area contributed by atoms with Gasteiger partial charge in [-0.2, -0.15) is 0 Å². The van der Waals surface area contributed by atoms with Gasteiger partial charge in [-0.25, -0.2) is 0 Å². The summed E-state index contributed by atoms with van der Waals surface area (Å²) in [7, 11) is 0. The van der Waals surface area contributed by atoms with E-state index in [2.05, 4.69) is 5.32 Å². The van der Waals surface area contributed by atoms with Crippen molar-refractivity contribution in [1.29, 1.82) is 0 Å². The van der Waals surface area contributed by atoms with Crippen LogP contribution in [0.2, 0.25) is 5.02 Å². The Labute approximate surface area is 141 Å². The summed E-state index contributed by atoms with van der Waals surface area (Å²) in [5.74, 6) is -0.0765. The van der Waals surface area contributed by atoms with E-state index >= 15 is 0 Å². The first-order valence-corrected chi connectivity index (χ1v) is 8.47. The lowest BCUT2D eigenvalue weighted by Crippen LogP contribution is -2.46. The van der Waals surface area contributed by atoms with Gasteiger partial charge in [0.2, 0.25) is 11.8 Å². The molecule has 2 amide bonds.